The van der Waals surface area contributed by atoms with Crippen molar-refractivity contribution in [2.45, 2.75) is 25.9 Å². The molecule has 0 fully saturated rings. The number of aliphatic hydroxyl groups is 1. The maximum absolute atomic E-state index is 10.7. The van der Waals surface area contributed by atoms with Crippen LogP contribution in [-0.4, -0.2) is 37.9 Å². The minimum absolute atomic E-state index is 0.0287. The lowest BCUT2D eigenvalue weighted by atomic mass is 9.87. The van der Waals surface area contributed by atoms with Gasteiger partial charge in [-0.2, -0.15) is 0 Å². The summed E-state index contributed by atoms with van der Waals surface area (Å²) in [6.45, 7) is 4.44. The minimum atomic E-state index is -1.00. The molecule has 0 aliphatic carbocycles. The van der Waals surface area contributed by atoms with E-state index in [0.29, 0.717) is 21.6 Å². The van der Waals surface area contributed by atoms with Crippen LogP contribution in [0.3, 0.4) is 0 Å². The van der Waals surface area contributed by atoms with Gasteiger partial charge < -0.3 is 20.1 Å². The Bertz CT molecular complexity index is 790. The Kier molecular flexibility index (Phi) is 6.07. The SMILES string of the molecule is CC1(C)COc2cnc(C(=O)O)cc21.OCc1cc(I)c(O)c(Cl)n1. The summed E-state index contributed by atoms with van der Waals surface area (Å²) in [6.07, 6.45) is 1.48. The number of halogens is 2. The van der Waals surface area contributed by atoms with Crippen LogP contribution in [-0.2, 0) is 12.0 Å². The third-order valence-corrected chi connectivity index (χ3v) is 4.61. The van der Waals surface area contributed by atoms with Crippen molar-refractivity contribution in [2.24, 2.45) is 0 Å². The molecule has 3 N–H and O–H groups in total. The summed E-state index contributed by atoms with van der Waals surface area (Å²) in [5.41, 5.74) is 1.33. The topological polar surface area (TPSA) is 113 Å². The van der Waals surface area contributed by atoms with Crippen LogP contribution in [0.4, 0.5) is 0 Å². The number of carbonyl (C=O) groups is 1. The van der Waals surface area contributed by atoms with Gasteiger partial charge in [0.15, 0.2) is 10.9 Å². The second-order valence-corrected chi connectivity index (χ2v) is 7.46. The van der Waals surface area contributed by atoms with Gasteiger partial charge in [-0.15, -0.1) is 0 Å². The maximum atomic E-state index is 10.7. The van der Waals surface area contributed by atoms with Gasteiger partial charge >= 0.3 is 5.97 Å². The van der Waals surface area contributed by atoms with Crippen LogP contribution < -0.4 is 4.74 Å². The van der Waals surface area contributed by atoms with Crippen molar-refractivity contribution < 1.29 is 24.9 Å². The van der Waals surface area contributed by atoms with Crippen molar-refractivity contribution >= 4 is 40.2 Å². The van der Waals surface area contributed by atoms with E-state index in [9.17, 15) is 4.79 Å². The highest BCUT2D eigenvalue weighted by molar-refractivity contribution is 14.1. The van der Waals surface area contributed by atoms with Crippen LogP contribution in [0.2, 0.25) is 5.15 Å². The summed E-state index contributed by atoms with van der Waals surface area (Å²) < 4.78 is 5.98. The van der Waals surface area contributed by atoms with Crippen LogP contribution in [0.5, 0.6) is 11.5 Å². The maximum Gasteiger partial charge on any atom is 0.354 e. The highest BCUT2D eigenvalue weighted by atomic mass is 127. The molecule has 0 spiro atoms. The van der Waals surface area contributed by atoms with Crippen molar-refractivity contribution in [1.82, 2.24) is 9.97 Å². The molecule has 0 saturated heterocycles. The van der Waals surface area contributed by atoms with Gasteiger partial charge in [-0.05, 0) is 34.7 Å². The first-order valence-corrected chi connectivity index (χ1v) is 8.62. The third-order valence-electron chi connectivity index (χ3n) is 3.52. The number of aromatic nitrogens is 2. The summed E-state index contributed by atoms with van der Waals surface area (Å²) in [7, 11) is 0. The molecule has 0 unspecified atom stereocenters. The van der Waals surface area contributed by atoms with Gasteiger partial charge in [-0.1, -0.05) is 25.4 Å². The number of hydrogen-bond donors (Lipinski definition) is 3. The van der Waals surface area contributed by atoms with Gasteiger partial charge in [0.2, 0.25) is 0 Å². The van der Waals surface area contributed by atoms with Crippen LogP contribution in [0, 0.1) is 3.57 Å². The smallest absolute Gasteiger partial charge is 0.354 e. The lowest BCUT2D eigenvalue weighted by Crippen LogP contribution is -2.18. The third kappa shape index (κ3) is 4.50. The van der Waals surface area contributed by atoms with E-state index in [0.717, 1.165) is 5.56 Å². The van der Waals surface area contributed by atoms with Gasteiger partial charge in [-0.3, -0.25) is 0 Å². The Labute approximate surface area is 162 Å². The molecule has 2 aromatic heterocycles. The number of carboxylic acid groups (broad SMARTS) is 1. The number of aromatic hydroxyl groups is 1. The first-order valence-electron chi connectivity index (χ1n) is 7.17. The first-order chi connectivity index (χ1) is 11.7. The van der Waals surface area contributed by atoms with Gasteiger partial charge in [0.05, 0.1) is 28.7 Å². The Morgan fingerprint density at radius 1 is 1.44 bits per heavy atom. The van der Waals surface area contributed by atoms with Crippen molar-refractivity contribution in [3.05, 3.63) is 44.0 Å². The Hall–Kier alpha value is -1.65. The zero-order chi connectivity index (χ0) is 18.8. The van der Waals surface area contributed by atoms with Gasteiger partial charge in [0.1, 0.15) is 11.4 Å². The standard InChI is InChI=1S/C10H11NO3.C6H5ClINO2/c1-10(2)5-14-8-4-11-7(9(12)13)3-6(8)10;7-6-5(11)4(8)1-3(2-10)9-6/h3-4H,5H2,1-2H3,(H,12,13);1,10-11H,2H2. The van der Waals surface area contributed by atoms with E-state index in [1.54, 1.807) is 12.1 Å². The number of nitrogens with zero attached hydrogens (tertiary/aromatic N) is 2. The molecule has 3 rings (SSSR count). The summed E-state index contributed by atoms with van der Waals surface area (Å²) in [5, 5.41) is 26.6. The van der Waals surface area contributed by atoms with E-state index in [4.69, 9.17) is 31.7 Å². The zero-order valence-corrected chi connectivity index (χ0v) is 16.4. The molecule has 0 bridgehead atoms. The lowest BCUT2D eigenvalue weighted by molar-refractivity contribution is 0.0690. The van der Waals surface area contributed by atoms with Gasteiger partial charge in [-0.25, -0.2) is 14.8 Å². The van der Waals surface area contributed by atoms with E-state index in [-0.39, 0.29) is 28.6 Å². The van der Waals surface area contributed by atoms with E-state index < -0.39 is 5.97 Å². The lowest BCUT2D eigenvalue weighted by Gasteiger charge is -2.14. The van der Waals surface area contributed by atoms with Crippen LogP contribution in [0.15, 0.2) is 18.3 Å². The highest BCUT2D eigenvalue weighted by Gasteiger charge is 2.32. The van der Waals surface area contributed by atoms with E-state index in [1.807, 2.05) is 36.4 Å². The molecule has 3 heterocycles. The number of fused-ring (bicyclic) bond motifs is 1. The van der Waals surface area contributed by atoms with Gasteiger partial charge in [0, 0.05) is 11.0 Å². The fraction of sp³-hybridized carbons (Fsp3) is 0.312. The van der Waals surface area contributed by atoms with Crippen LogP contribution in [0.25, 0.3) is 0 Å². The van der Waals surface area contributed by atoms with E-state index in [2.05, 4.69) is 9.97 Å². The molecular formula is C16H16ClIN2O5. The quantitative estimate of drug-likeness (QED) is 0.449. The summed E-state index contributed by atoms with van der Waals surface area (Å²) in [5.74, 6) is -0.347. The summed E-state index contributed by atoms with van der Waals surface area (Å²) in [6, 6.07) is 3.16. The molecule has 1 aliphatic heterocycles. The molecule has 9 heteroatoms. The van der Waals surface area contributed by atoms with Crippen molar-refractivity contribution in [3.8, 4) is 11.5 Å². The van der Waals surface area contributed by atoms with Gasteiger partial charge in [0.25, 0.3) is 0 Å². The predicted molar refractivity (Wildman–Crippen MR) is 99.3 cm³/mol. The predicted octanol–water partition coefficient (Wildman–Crippen LogP) is 2.99. The molecule has 2 aromatic rings. The van der Waals surface area contributed by atoms with E-state index >= 15 is 0 Å². The molecule has 7 nitrogen and oxygen atoms in total. The molecule has 134 valence electrons. The summed E-state index contributed by atoms with van der Waals surface area (Å²) in [4.78, 5) is 18.2. The number of ether oxygens (including phenoxy) is 1. The molecule has 1 aliphatic rings. The summed E-state index contributed by atoms with van der Waals surface area (Å²) >= 11 is 7.43. The van der Waals surface area contributed by atoms with Crippen molar-refractivity contribution in [1.29, 1.82) is 0 Å². The normalized spacial score (nSPS) is 14.1. The molecule has 0 atom stereocenters. The minimum Gasteiger partial charge on any atom is -0.504 e. The average Bonchev–Trinajstić information content (AvgIpc) is 2.87. The molecule has 0 saturated carbocycles. The molecule has 0 aromatic carbocycles. The van der Waals surface area contributed by atoms with Crippen molar-refractivity contribution in [3.63, 3.8) is 0 Å². The fourth-order valence-corrected chi connectivity index (χ4v) is 3.13. The number of pyridine rings is 2. The number of carboxylic acids is 1. The monoisotopic (exact) mass is 478 g/mol. The second kappa shape index (κ2) is 7.71. The number of hydrogen-bond acceptors (Lipinski definition) is 6. The molecule has 0 amide bonds. The van der Waals surface area contributed by atoms with Crippen LogP contribution in [0.1, 0.15) is 35.6 Å². The second-order valence-electron chi connectivity index (χ2n) is 5.94. The van der Waals surface area contributed by atoms with E-state index in [1.165, 1.54) is 6.20 Å². The highest BCUT2D eigenvalue weighted by Crippen LogP contribution is 2.37. The number of aromatic carboxylic acids is 1. The molecule has 0 radical (unpaired) electrons. The first kappa shape index (κ1) is 19.7. The molecule has 25 heavy (non-hydrogen) atoms. The molecular weight excluding hydrogens is 463 g/mol. The number of aliphatic hydroxyl groups excluding tert-OH is 1. The fourth-order valence-electron chi connectivity index (χ4n) is 2.15. The largest absolute Gasteiger partial charge is 0.504 e. The average molecular weight is 479 g/mol. The zero-order valence-electron chi connectivity index (χ0n) is 13.5. The Balaban J connectivity index is 0.000000186. The van der Waals surface area contributed by atoms with Crippen LogP contribution >= 0.6 is 34.2 Å². The Morgan fingerprint density at radius 3 is 2.68 bits per heavy atom. The van der Waals surface area contributed by atoms with Crippen molar-refractivity contribution in [2.75, 3.05) is 6.61 Å². The number of rotatable bonds is 2. The Morgan fingerprint density at radius 2 is 2.12 bits per heavy atom.